The zero-order chi connectivity index (χ0) is 12.5. The van der Waals surface area contributed by atoms with Crippen molar-refractivity contribution in [2.24, 2.45) is 5.92 Å². The average molecular weight is 257 g/mol. The first kappa shape index (κ1) is 12.9. The summed E-state index contributed by atoms with van der Waals surface area (Å²) in [6, 6.07) is 0. The summed E-state index contributed by atoms with van der Waals surface area (Å²) >= 11 is 6.17. The van der Waals surface area contributed by atoms with Crippen molar-refractivity contribution in [1.82, 2.24) is 9.78 Å². The standard InChI is InChI=1S/C13H21ClN2O/c1-3-10-5-7-13(17,8-6-10)12-11(14)9-15-16(12)4-2/h9-10,17H,3-8H2,1-2H3. The van der Waals surface area contributed by atoms with E-state index >= 15 is 0 Å². The summed E-state index contributed by atoms with van der Waals surface area (Å²) in [6.07, 6.45) is 6.62. The monoisotopic (exact) mass is 256 g/mol. The van der Waals surface area contributed by atoms with Gasteiger partial charge in [-0.3, -0.25) is 4.68 Å². The zero-order valence-corrected chi connectivity index (χ0v) is 11.4. The van der Waals surface area contributed by atoms with E-state index in [9.17, 15) is 5.11 Å². The number of aliphatic hydroxyl groups is 1. The van der Waals surface area contributed by atoms with Gasteiger partial charge < -0.3 is 5.11 Å². The Morgan fingerprint density at radius 1 is 1.47 bits per heavy atom. The van der Waals surface area contributed by atoms with E-state index in [1.54, 1.807) is 6.20 Å². The lowest BCUT2D eigenvalue weighted by Gasteiger charge is -2.36. The largest absolute Gasteiger partial charge is 0.384 e. The molecule has 3 nitrogen and oxygen atoms in total. The molecule has 1 aliphatic rings. The third kappa shape index (κ3) is 2.36. The van der Waals surface area contributed by atoms with Crippen LogP contribution in [-0.4, -0.2) is 14.9 Å². The van der Waals surface area contributed by atoms with E-state index in [1.807, 2.05) is 11.6 Å². The number of halogens is 1. The molecule has 0 aliphatic heterocycles. The first-order chi connectivity index (χ1) is 8.10. The Balaban J connectivity index is 2.24. The number of rotatable bonds is 3. The quantitative estimate of drug-likeness (QED) is 0.901. The van der Waals surface area contributed by atoms with E-state index in [0.29, 0.717) is 5.02 Å². The van der Waals surface area contributed by atoms with Crippen molar-refractivity contribution in [1.29, 1.82) is 0 Å². The third-order valence-corrected chi connectivity index (χ3v) is 4.32. The average Bonchev–Trinajstić information content (AvgIpc) is 2.72. The van der Waals surface area contributed by atoms with Gasteiger partial charge in [0, 0.05) is 6.54 Å². The lowest BCUT2D eigenvalue weighted by atomic mass is 9.76. The molecule has 1 saturated carbocycles. The van der Waals surface area contributed by atoms with Gasteiger partial charge in [-0.25, -0.2) is 0 Å². The van der Waals surface area contributed by atoms with Gasteiger partial charge in [0.15, 0.2) is 0 Å². The Hall–Kier alpha value is -0.540. The van der Waals surface area contributed by atoms with Gasteiger partial charge in [0.2, 0.25) is 0 Å². The molecule has 0 radical (unpaired) electrons. The SMILES string of the molecule is CCC1CCC(O)(c2c(Cl)cnn2CC)CC1. The Kier molecular flexibility index (Phi) is 3.79. The molecule has 1 fully saturated rings. The maximum absolute atomic E-state index is 10.8. The molecule has 0 bridgehead atoms. The highest BCUT2D eigenvalue weighted by molar-refractivity contribution is 6.31. The fourth-order valence-electron chi connectivity index (χ4n) is 2.87. The van der Waals surface area contributed by atoms with Gasteiger partial charge in [0.25, 0.3) is 0 Å². The molecule has 2 rings (SSSR count). The second kappa shape index (κ2) is 4.99. The minimum Gasteiger partial charge on any atom is -0.384 e. The highest BCUT2D eigenvalue weighted by atomic mass is 35.5. The molecule has 1 aromatic heterocycles. The van der Waals surface area contributed by atoms with Gasteiger partial charge in [-0.2, -0.15) is 5.10 Å². The van der Waals surface area contributed by atoms with E-state index in [1.165, 1.54) is 6.42 Å². The van der Waals surface area contributed by atoms with Crippen LogP contribution in [0.3, 0.4) is 0 Å². The van der Waals surface area contributed by atoms with E-state index in [4.69, 9.17) is 11.6 Å². The number of nitrogens with zero attached hydrogens (tertiary/aromatic N) is 2. The number of hydrogen-bond acceptors (Lipinski definition) is 2. The molecule has 0 saturated heterocycles. The van der Waals surface area contributed by atoms with Crippen molar-refractivity contribution >= 4 is 11.6 Å². The highest BCUT2D eigenvalue weighted by Crippen LogP contribution is 2.42. The van der Waals surface area contributed by atoms with E-state index in [2.05, 4.69) is 12.0 Å². The van der Waals surface area contributed by atoms with Crippen LogP contribution in [0.15, 0.2) is 6.20 Å². The predicted molar refractivity (Wildman–Crippen MR) is 69.1 cm³/mol. The van der Waals surface area contributed by atoms with Crippen molar-refractivity contribution in [3.8, 4) is 0 Å². The van der Waals surface area contributed by atoms with E-state index < -0.39 is 5.60 Å². The highest BCUT2D eigenvalue weighted by Gasteiger charge is 2.38. The van der Waals surface area contributed by atoms with Gasteiger partial charge in [-0.05, 0) is 38.5 Å². The van der Waals surface area contributed by atoms with E-state index in [0.717, 1.165) is 43.8 Å². The molecule has 1 N–H and O–H groups in total. The van der Waals surface area contributed by atoms with E-state index in [-0.39, 0.29) is 0 Å². The molecule has 1 aromatic rings. The molecule has 1 aliphatic carbocycles. The molecule has 17 heavy (non-hydrogen) atoms. The summed E-state index contributed by atoms with van der Waals surface area (Å²) < 4.78 is 1.83. The smallest absolute Gasteiger partial charge is 0.108 e. The minimum atomic E-state index is -0.769. The first-order valence-electron chi connectivity index (χ1n) is 6.55. The van der Waals surface area contributed by atoms with Crippen LogP contribution < -0.4 is 0 Å². The first-order valence-corrected chi connectivity index (χ1v) is 6.92. The van der Waals surface area contributed by atoms with Gasteiger partial charge in [-0.15, -0.1) is 0 Å². The van der Waals surface area contributed by atoms with Crippen LogP contribution in [0.4, 0.5) is 0 Å². The lowest BCUT2D eigenvalue weighted by Crippen LogP contribution is -2.34. The predicted octanol–water partition coefficient (Wildman–Crippen LogP) is 3.34. The summed E-state index contributed by atoms with van der Waals surface area (Å²) in [7, 11) is 0. The molecule has 0 unspecified atom stereocenters. The fraction of sp³-hybridized carbons (Fsp3) is 0.769. The van der Waals surface area contributed by atoms with Gasteiger partial charge in [0.05, 0.1) is 16.9 Å². The van der Waals surface area contributed by atoms with Gasteiger partial charge in [-0.1, -0.05) is 24.9 Å². The van der Waals surface area contributed by atoms with Gasteiger partial charge in [0.1, 0.15) is 5.60 Å². The van der Waals surface area contributed by atoms with Crippen LogP contribution >= 0.6 is 11.6 Å². The number of aromatic nitrogens is 2. The topological polar surface area (TPSA) is 38.1 Å². The summed E-state index contributed by atoms with van der Waals surface area (Å²) in [6.45, 7) is 4.99. The Bertz CT molecular complexity index is 381. The second-order valence-corrected chi connectivity index (χ2v) is 5.45. The van der Waals surface area contributed by atoms with Crippen LogP contribution in [0.1, 0.15) is 51.6 Å². The molecule has 0 aromatic carbocycles. The summed E-state index contributed by atoms with van der Waals surface area (Å²) in [4.78, 5) is 0. The van der Waals surface area contributed by atoms with Crippen LogP contribution in [0.2, 0.25) is 5.02 Å². The molecule has 4 heteroatoms. The van der Waals surface area contributed by atoms with Crippen LogP contribution in [0, 0.1) is 5.92 Å². The lowest BCUT2D eigenvalue weighted by molar-refractivity contribution is -0.0218. The van der Waals surface area contributed by atoms with Crippen molar-refractivity contribution < 1.29 is 5.11 Å². The molecule has 96 valence electrons. The van der Waals surface area contributed by atoms with Crippen molar-refractivity contribution in [2.45, 2.75) is 58.1 Å². The molecular weight excluding hydrogens is 236 g/mol. The van der Waals surface area contributed by atoms with Crippen LogP contribution in [0.25, 0.3) is 0 Å². The summed E-state index contributed by atoms with van der Waals surface area (Å²) in [5.74, 6) is 0.757. The number of hydrogen-bond donors (Lipinski definition) is 1. The summed E-state index contributed by atoms with van der Waals surface area (Å²) in [5.41, 5.74) is 0.0474. The summed E-state index contributed by atoms with van der Waals surface area (Å²) in [5, 5.41) is 15.6. The van der Waals surface area contributed by atoms with Gasteiger partial charge >= 0.3 is 0 Å². The van der Waals surface area contributed by atoms with Crippen molar-refractivity contribution in [3.63, 3.8) is 0 Å². The number of aryl methyl sites for hydroxylation is 1. The Labute approximate surface area is 108 Å². The van der Waals surface area contributed by atoms with Crippen molar-refractivity contribution in [2.75, 3.05) is 0 Å². The maximum atomic E-state index is 10.8. The normalized spacial score (nSPS) is 29.5. The maximum Gasteiger partial charge on any atom is 0.108 e. The Morgan fingerprint density at radius 2 is 2.12 bits per heavy atom. The molecule has 1 heterocycles. The molecule has 0 atom stereocenters. The van der Waals surface area contributed by atoms with Crippen LogP contribution in [-0.2, 0) is 12.1 Å². The van der Waals surface area contributed by atoms with Crippen molar-refractivity contribution in [3.05, 3.63) is 16.9 Å². The molecular formula is C13H21ClN2O. The minimum absolute atomic E-state index is 0.601. The molecule has 0 amide bonds. The molecule has 0 spiro atoms. The fourth-order valence-corrected chi connectivity index (χ4v) is 3.18. The van der Waals surface area contributed by atoms with Crippen LogP contribution in [0.5, 0.6) is 0 Å². The Morgan fingerprint density at radius 3 is 2.65 bits per heavy atom. The zero-order valence-electron chi connectivity index (χ0n) is 10.6. The second-order valence-electron chi connectivity index (χ2n) is 5.04. The third-order valence-electron chi connectivity index (χ3n) is 4.04.